The van der Waals surface area contributed by atoms with E-state index < -0.39 is 0 Å². The predicted molar refractivity (Wildman–Crippen MR) is 86.0 cm³/mol. The van der Waals surface area contributed by atoms with Crippen molar-refractivity contribution in [2.45, 2.75) is 18.4 Å². The molecule has 2 heterocycles. The van der Waals surface area contributed by atoms with Crippen LogP contribution in [0.5, 0.6) is 0 Å². The number of hydrogen-bond donors (Lipinski definition) is 1. The highest BCUT2D eigenvalue weighted by Gasteiger charge is 2.10. The number of pyridine rings is 1. The highest BCUT2D eigenvalue weighted by Crippen LogP contribution is 2.18. The van der Waals surface area contributed by atoms with Crippen molar-refractivity contribution in [2.75, 3.05) is 17.7 Å². The van der Waals surface area contributed by atoms with Gasteiger partial charge in [-0.15, -0.1) is 11.3 Å². The van der Waals surface area contributed by atoms with Gasteiger partial charge in [-0.3, -0.25) is 9.59 Å². The molecule has 2 aromatic heterocycles. The number of anilines is 1. The molecule has 116 valence electrons. The number of amides is 1. The number of thiazole rings is 1. The molecule has 6 nitrogen and oxygen atoms in total. The molecule has 0 saturated carbocycles. The number of nitrogens with one attached hydrogen (secondary N) is 1. The van der Waals surface area contributed by atoms with Gasteiger partial charge in [0.25, 0.3) is 0 Å². The maximum atomic E-state index is 11.8. The van der Waals surface area contributed by atoms with Gasteiger partial charge < -0.3 is 10.1 Å². The second-order valence-electron chi connectivity index (χ2n) is 4.13. The molecule has 0 unspecified atom stereocenters. The van der Waals surface area contributed by atoms with E-state index in [1.54, 1.807) is 18.5 Å². The van der Waals surface area contributed by atoms with E-state index in [-0.39, 0.29) is 24.1 Å². The van der Waals surface area contributed by atoms with Crippen molar-refractivity contribution >= 4 is 40.1 Å². The first-order chi connectivity index (χ1) is 10.7. The van der Waals surface area contributed by atoms with E-state index in [1.165, 1.54) is 23.1 Å². The minimum Gasteiger partial charge on any atom is -0.466 e. The van der Waals surface area contributed by atoms with Crippen molar-refractivity contribution in [1.82, 2.24) is 9.97 Å². The lowest BCUT2D eigenvalue weighted by atomic mass is 10.3. The Hall–Kier alpha value is -1.93. The first kappa shape index (κ1) is 16.4. The van der Waals surface area contributed by atoms with E-state index in [2.05, 4.69) is 15.3 Å². The van der Waals surface area contributed by atoms with Crippen molar-refractivity contribution < 1.29 is 14.3 Å². The minimum absolute atomic E-state index is 0.114. The summed E-state index contributed by atoms with van der Waals surface area (Å²) in [6, 6.07) is 5.54. The average molecular weight is 337 g/mol. The Kier molecular flexibility index (Phi) is 6.35. The first-order valence-corrected chi connectivity index (χ1v) is 8.47. The van der Waals surface area contributed by atoms with Crippen LogP contribution < -0.4 is 5.32 Å². The third kappa shape index (κ3) is 5.45. The number of aromatic nitrogens is 2. The normalized spacial score (nSPS) is 10.2. The van der Waals surface area contributed by atoms with E-state index in [9.17, 15) is 9.59 Å². The number of hydrogen-bond acceptors (Lipinski definition) is 7. The Bertz CT molecular complexity index is 631. The number of carbonyl (C=O) groups is 2. The van der Waals surface area contributed by atoms with Crippen LogP contribution >= 0.6 is 23.1 Å². The molecular formula is C14H15N3O3S2. The van der Waals surface area contributed by atoms with Crippen LogP contribution in [0.2, 0.25) is 0 Å². The lowest BCUT2D eigenvalue weighted by Crippen LogP contribution is -2.14. The van der Waals surface area contributed by atoms with E-state index in [1.807, 2.05) is 18.2 Å². The van der Waals surface area contributed by atoms with Gasteiger partial charge in [-0.2, -0.15) is 0 Å². The maximum Gasteiger partial charge on any atom is 0.311 e. The molecule has 0 atom stereocenters. The molecule has 0 aliphatic carbocycles. The summed E-state index contributed by atoms with van der Waals surface area (Å²) in [5.74, 6) is -0.229. The van der Waals surface area contributed by atoms with Crippen LogP contribution in [0.4, 0.5) is 5.13 Å². The quantitative estimate of drug-likeness (QED) is 0.617. The summed E-state index contributed by atoms with van der Waals surface area (Å²) in [6.07, 6.45) is 1.80. The largest absolute Gasteiger partial charge is 0.466 e. The molecular weight excluding hydrogens is 322 g/mol. The van der Waals surface area contributed by atoms with Crippen LogP contribution in [0.1, 0.15) is 12.6 Å². The summed E-state index contributed by atoms with van der Waals surface area (Å²) in [5.41, 5.74) is 0.594. The van der Waals surface area contributed by atoms with Crippen molar-refractivity contribution in [3.63, 3.8) is 0 Å². The fourth-order valence-electron chi connectivity index (χ4n) is 1.53. The number of carbonyl (C=O) groups excluding carboxylic acids is 2. The van der Waals surface area contributed by atoms with Crippen LogP contribution in [-0.2, 0) is 20.7 Å². The Morgan fingerprint density at radius 3 is 3.00 bits per heavy atom. The lowest BCUT2D eigenvalue weighted by molar-refractivity contribution is -0.142. The molecule has 0 fully saturated rings. The van der Waals surface area contributed by atoms with Crippen LogP contribution in [-0.4, -0.2) is 34.2 Å². The average Bonchev–Trinajstić information content (AvgIpc) is 2.93. The highest BCUT2D eigenvalue weighted by atomic mass is 32.2. The molecule has 0 saturated heterocycles. The number of esters is 1. The van der Waals surface area contributed by atoms with Gasteiger partial charge in [0.15, 0.2) is 5.13 Å². The first-order valence-electron chi connectivity index (χ1n) is 6.61. The minimum atomic E-state index is -0.323. The molecule has 2 aromatic rings. The maximum absolute atomic E-state index is 11.8. The van der Waals surface area contributed by atoms with Crippen LogP contribution in [0.25, 0.3) is 0 Å². The van der Waals surface area contributed by atoms with E-state index in [0.717, 1.165) is 5.03 Å². The van der Waals surface area contributed by atoms with Gasteiger partial charge in [-0.05, 0) is 19.1 Å². The molecule has 1 amide bonds. The monoisotopic (exact) mass is 337 g/mol. The molecule has 0 spiro atoms. The van der Waals surface area contributed by atoms with Gasteiger partial charge in [0.2, 0.25) is 5.91 Å². The molecule has 2 rings (SSSR count). The van der Waals surface area contributed by atoms with Crippen LogP contribution in [0.3, 0.4) is 0 Å². The fraction of sp³-hybridized carbons (Fsp3) is 0.286. The van der Waals surface area contributed by atoms with Crippen molar-refractivity contribution in [3.05, 3.63) is 35.5 Å². The summed E-state index contributed by atoms with van der Waals surface area (Å²) in [7, 11) is 0. The summed E-state index contributed by atoms with van der Waals surface area (Å²) in [4.78, 5) is 31.5. The molecule has 8 heteroatoms. The summed E-state index contributed by atoms with van der Waals surface area (Å²) < 4.78 is 4.85. The van der Waals surface area contributed by atoms with Gasteiger partial charge in [-0.1, -0.05) is 17.8 Å². The van der Waals surface area contributed by atoms with Gasteiger partial charge in [-0.25, -0.2) is 9.97 Å². The third-order valence-electron chi connectivity index (χ3n) is 2.42. The Morgan fingerprint density at radius 2 is 2.27 bits per heavy atom. The van der Waals surface area contributed by atoms with Crippen LogP contribution in [0, 0.1) is 0 Å². The SMILES string of the molecule is CCOC(=O)Cc1csc(NC(=O)CSc2ccccn2)n1. The fourth-order valence-corrected chi connectivity index (χ4v) is 2.92. The zero-order chi connectivity index (χ0) is 15.8. The molecule has 0 aromatic carbocycles. The number of rotatable bonds is 7. The summed E-state index contributed by atoms with van der Waals surface area (Å²) in [6.45, 7) is 2.10. The topological polar surface area (TPSA) is 81.2 Å². The Morgan fingerprint density at radius 1 is 1.41 bits per heavy atom. The smallest absolute Gasteiger partial charge is 0.311 e. The van der Waals surface area contributed by atoms with Crippen molar-refractivity contribution in [3.8, 4) is 0 Å². The summed E-state index contributed by atoms with van der Waals surface area (Å²) in [5, 5.41) is 5.71. The Balaban J connectivity index is 1.79. The summed E-state index contributed by atoms with van der Waals surface area (Å²) >= 11 is 2.64. The number of nitrogens with zero attached hydrogens (tertiary/aromatic N) is 2. The molecule has 22 heavy (non-hydrogen) atoms. The lowest BCUT2D eigenvalue weighted by Gasteiger charge is -2.01. The van der Waals surface area contributed by atoms with Gasteiger partial charge >= 0.3 is 5.97 Å². The molecule has 1 N–H and O–H groups in total. The van der Waals surface area contributed by atoms with Gasteiger partial charge in [0.05, 0.1) is 29.5 Å². The molecule has 0 aliphatic rings. The Labute approximate surface area is 136 Å². The predicted octanol–water partition coefficient (Wildman–Crippen LogP) is 2.37. The second-order valence-corrected chi connectivity index (χ2v) is 5.98. The van der Waals surface area contributed by atoms with Crippen molar-refractivity contribution in [1.29, 1.82) is 0 Å². The van der Waals surface area contributed by atoms with E-state index >= 15 is 0 Å². The molecule has 0 bridgehead atoms. The third-order valence-corrected chi connectivity index (χ3v) is 4.17. The molecule has 0 aliphatic heterocycles. The van der Waals surface area contributed by atoms with Gasteiger partial charge in [0.1, 0.15) is 0 Å². The molecule has 0 radical (unpaired) electrons. The zero-order valence-electron chi connectivity index (χ0n) is 11.9. The highest BCUT2D eigenvalue weighted by molar-refractivity contribution is 7.99. The number of ether oxygens (including phenoxy) is 1. The second kappa shape index (κ2) is 8.50. The van der Waals surface area contributed by atoms with Crippen molar-refractivity contribution in [2.24, 2.45) is 0 Å². The standard InChI is InChI=1S/C14H15N3O3S2/c1-2-20-13(19)7-10-8-22-14(16-10)17-11(18)9-21-12-5-3-4-6-15-12/h3-6,8H,2,7,9H2,1H3,(H,16,17,18). The van der Waals surface area contributed by atoms with E-state index in [0.29, 0.717) is 17.4 Å². The van der Waals surface area contributed by atoms with Gasteiger partial charge in [0, 0.05) is 11.6 Å². The van der Waals surface area contributed by atoms with Crippen LogP contribution in [0.15, 0.2) is 34.8 Å². The number of thioether (sulfide) groups is 1. The zero-order valence-corrected chi connectivity index (χ0v) is 13.6. The van der Waals surface area contributed by atoms with E-state index in [4.69, 9.17) is 4.74 Å².